The number of ether oxygens (including phenoxy) is 2. The highest BCUT2D eigenvalue weighted by molar-refractivity contribution is 6.30. The number of halogens is 1. The third-order valence-corrected chi connectivity index (χ3v) is 4.07. The Morgan fingerprint density at radius 1 is 1.35 bits per heavy atom. The van der Waals surface area contributed by atoms with Crippen molar-refractivity contribution >= 4 is 11.6 Å². The second-order valence-electron chi connectivity index (χ2n) is 5.64. The molecule has 1 aliphatic carbocycles. The predicted octanol–water partition coefficient (Wildman–Crippen LogP) is 4.03. The summed E-state index contributed by atoms with van der Waals surface area (Å²) in [5.74, 6) is 2.30. The minimum Gasteiger partial charge on any atom is -0.493 e. The molecule has 0 amide bonds. The fraction of sp³-hybridized carbons (Fsp3) is 0.625. The van der Waals surface area contributed by atoms with Crippen LogP contribution in [-0.2, 0) is 6.54 Å². The van der Waals surface area contributed by atoms with Gasteiger partial charge in [0.1, 0.15) is 0 Å². The Kier molecular flexibility index (Phi) is 5.55. The second kappa shape index (κ2) is 7.19. The second-order valence-corrected chi connectivity index (χ2v) is 6.07. The number of methoxy groups -OCH3 is 1. The topological polar surface area (TPSA) is 30.5 Å². The van der Waals surface area contributed by atoms with Gasteiger partial charge in [-0.05, 0) is 38.3 Å². The molecular formula is C16H24ClNO2. The summed E-state index contributed by atoms with van der Waals surface area (Å²) in [6.07, 6.45) is 5.06. The molecule has 2 atom stereocenters. The average molecular weight is 298 g/mol. The lowest BCUT2D eigenvalue weighted by Gasteiger charge is -2.29. The molecule has 1 N–H and O–H groups in total. The molecule has 0 aromatic heterocycles. The lowest BCUT2D eigenvalue weighted by atomic mass is 9.88. The number of rotatable bonds is 5. The summed E-state index contributed by atoms with van der Waals surface area (Å²) < 4.78 is 11.7. The third-order valence-electron chi connectivity index (χ3n) is 3.86. The van der Waals surface area contributed by atoms with Gasteiger partial charge in [-0.3, -0.25) is 0 Å². The Labute approximate surface area is 126 Å². The molecule has 0 heterocycles. The van der Waals surface area contributed by atoms with Crippen LogP contribution >= 0.6 is 11.6 Å². The minimum atomic E-state index is 0.282. The number of benzene rings is 1. The van der Waals surface area contributed by atoms with Crippen molar-refractivity contribution < 1.29 is 9.47 Å². The van der Waals surface area contributed by atoms with Crippen molar-refractivity contribution in [2.45, 2.75) is 45.3 Å². The zero-order valence-electron chi connectivity index (χ0n) is 12.5. The van der Waals surface area contributed by atoms with Gasteiger partial charge in [-0.25, -0.2) is 0 Å². The zero-order valence-corrected chi connectivity index (χ0v) is 13.3. The summed E-state index contributed by atoms with van der Waals surface area (Å²) in [7, 11) is 3.57. The summed E-state index contributed by atoms with van der Waals surface area (Å²) in [6, 6.07) is 3.77. The molecule has 1 saturated carbocycles. The van der Waals surface area contributed by atoms with E-state index in [-0.39, 0.29) is 6.10 Å². The third kappa shape index (κ3) is 3.80. The van der Waals surface area contributed by atoms with Crippen molar-refractivity contribution in [3.63, 3.8) is 0 Å². The molecule has 4 heteroatoms. The van der Waals surface area contributed by atoms with Crippen LogP contribution in [0.25, 0.3) is 0 Å². The highest BCUT2D eigenvalue weighted by Gasteiger charge is 2.23. The standard InChI is InChI=1S/C16H24ClNO2/c1-11-5-4-6-14(7-11)20-16-12(10-18-2)8-13(17)9-15(16)19-3/h8-9,11,14,18H,4-7,10H2,1-3H3. The van der Waals surface area contributed by atoms with E-state index in [1.807, 2.05) is 19.2 Å². The van der Waals surface area contributed by atoms with Crippen molar-refractivity contribution in [1.82, 2.24) is 5.32 Å². The molecule has 1 fully saturated rings. The molecule has 1 aromatic rings. The van der Waals surface area contributed by atoms with Gasteiger partial charge in [0, 0.05) is 23.2 Å². The van der Waals surface area contributed by atoms with Crippen molar-refractivity contribution in [1.29, 1.82) is 0 Å². The summed E-state index contributed by atoms with van der Waals surface area (Å²) >= 11 is 6.14. The van der Waals surface area contributed by atoms with Gasteiger partial charge in [-0.15, -0.1) is 0 Å². The predicted molar refractivity (Wildman–Crippen MR) is 82.8 cm³/mol. The van der Waals surface area contributed by atoms with Crippen LogP contribution in [0.2, 0.25) is 5.02 Å². The summed E-state index contributed by atoms with van der Waals surface area (Å²) in [5, 5.41) is 3.83. The van der Waals surface area contributed by atoms with Crippen LogP contribution in [-0.4, -0.2) is 20.3 Å². The Morgan fingerprint density at radius 2 is 2.15 bits per heavy atom. The van der Waals surface area contributed by atoms with Crippen molar-refractivity contribution in [3.05, 3.63) is 22.7 Å². The highest BCUT2D eigenvalue weighted by atomic mass is 35.5. The highest BCUT2D eigenvalue weighted by Crippen LogP contribution is 2.37. The van der Waals surface area contributed by atoms with Crippen LogP contribution in [0.1, 0.15) is 38.2 Å². The summed E-state index contributed by atoms with van der Waals surface area (Å²) in [4.78, 5) is 0. The molecule has 1 aromatic carbocycles. The van der Waals surface area contributed by atoms with Gasteiger partial charge in [-0.2, -0.15) is 0 Å². The fourth-order valence-corrected chi connectivity index (χ4v) is 3.11. The van der Waals surface area contributed by atoms with Crippen LogP contribution in [0, 0.1) is 5.92 Å². The first-order valence-electron chi connectivity index (χ1n) is 7.31. The minimum absolute atomic E-state index is 0.282. The molecule has 2 rings (SSSR count). The van der Waals surface area contributed by atoms with Crippen LogP contribution in [0.3, 0.4) is 0 Å². The van der Waals surface area contributed by atoms with Crippen molar-refractivity contribution in [2.75, 3.05) is 14.2 Å². The summed E-state index contributed by atoms with van der Waals surface area (Å²) in [5.41, 5.74) is 1.05. The van der Waals surface area contributed by atoms with E-state index >= 15 is 0 Å². The van der Waals surface area contributed by atoms with E-state index in [0.717, 1.165) is 35.8 Å². The molecule has 0 spiro atoms. The Balaban J connectivity index is 2.23. The van der Waals surface area contributed by atoms with Crippen LogP contribution in [0.4, 0.5) is 0 Å². The van der Waals surface area contributed by atoms with Crippen LogP contribution in [0.15, 0.2) is 12.1 Å². The maximum absolute atomic E-state index is 6.26. The van der Waals surface area contributed by atoms with Gasteiger partial charge < -0.3 is 14.8 Å². The van der Waals surface area contributed by atoms with E-state index in [1.54, 1.807) is 7.11 Å². The maximum atomic E-state index is 6.26. The van der Waals surface area contributed by atoms with Gasteiger partial charge >= 0.3 is 0 Å². The smallest absolute Gasteiger partial charge is 0.166 e. The molecule has 1 aliphatic rings. The molecule has 0 saturated heterocycles. The monoisotopic (exact) mass is 297 g/mol. The zero-order chi connectivity index (χ0) is 14.5. The average Bonchev–Trinajstić information content (AvgIpc) is 2.41. The fourth-order valence-electron chi connectivity index (χ4n) is 2.88. The van der Waals surface area contributed by atoms with E-state index < -0.39 is 0 Å². The Hall–Kier alpha value is -0.930. The Morgan fingerprint density at radius 3 is 2.80 bits per heavy atom. The molecule has 0 radical (unpaired) electrons. The molecular weight excluding hydrogens is 274 g/mol. The maximum Gasteiger partial charge on any atom is 0.166 e. The van der Waals surface area contributed by atoms with Crippen molar-refractivity contribution in [3.8, 4) is 11.5 Å². The largest absolute Gasteiger partial charge is 0.493 e. The lowest BCUT2D eigenvalue weighted by molar-refractivity contribution is 0.123. The number of hydrogen-bond donors (Lipinski definition) is 1. The van der Waals surface area contributed by atoms with Gasteiger partial charge in [0.25, 0.3) is 0 Å². The van der Waals surface area contributed by atoms with E-state index in [4.69, 9.17) is 21.1 Å². The van der Waals surface area contributed by atoms with Crippen LogP contribution in [0.5, 0.6) is 11.5 Å². The lowest BCUT2D eigenvalue weighted by Crippen LogP contribution is -2.25. The van der Waals surface area contributed by atoms with E-state index in [0.29, 0.717) is 11.6 Å². The first-order chi connectivity index (χ1) is 9.63. The quantitative estimate of drug-likeness (QED) is 0.890. The molecule has 2 unspecified atom stereocenters. The first kappa shape index (κ1) is 15.5. The molecule has 112 valence electrons. The van der Waals surface area contributed by atoms with Gasteiger partial charge in [-0.1, -0.05) is 24.9 Å². The molecule has 0 bridgehead atoms. The van der Waals surface area contributed by atoms with E-state index in [1.165, 1.54) is 12.8 Å². The van der Waals surface area contributed by atoms with Gasteiger partial charge in [0.2, 0.25) is 0 Å². The SMILES string of the molecule is CNCc1cc(Cl)cc(OC)c1OC1CCCC(C)C1. The molecule has 3 nitrogen and oxygen atoms in total. The van der Waals surface area contributed by atoms with Crippen molar-refractivity contribution in [2.24, 2.45) is 5.92 Å². The Bertz CT molecular complexity index is 450. The normalized spacial score (nSPS) is 22.6. The number of nitrogens with one attached hydrogen (secondary N) is 1. The molecule has 0 aliphatic heterocycles. The summed E-state index contributed by atoms with van der Waals surface area (Å²) in [6.45, 7) is 3.01. The van der Waals surface area contributed by atoms with E-state index in [2.05, 4.69) is 12.2 Å². The molecule has 20 heavy (non-hydrogen) atoms. The number of hydrogen-bond acceptors (Lipinski definition) is 3. The van der Waals surface area contributed by atoms with Gasteiger partial charge in [0.15, 0.2) is 11.5 Å². The van der Waals surface area contributed by atoms with Gasteiger partial charge in [0.05, 0.1) is 13.2 Å². The first-order valence-corrected chi connectivity index (χ1v) is 7.69. The van der Waals surface area contributed by atoms with Crippen LogP contribution < -0.4 is 14.8 Å². The van der Waals surface area contributed by atoms with E-state index in [9.17, 15) is 0 Å².